The van der Waals surface area contributed by atoms with Gasteiger partial charge < -0.3 is 9.47 Å². The molecule has 13 aromatic carbocycles. The van der Waals surface area contributed by atoms with Crippen LogP contribution < -0.4 is 4.90 Å². The summed E-state index contributed by atoms with van der Waals surface area (Å²) < 4.78 is 2.40. The molecule has 0 bridgehead atoms. The van der Waals surface area contributed by atoms with Crippen LogP contribution in [0.5, 0.6) is 0 Å². The van der Waals surface area contributed by atoms with Crippen molar-refractivity contribution in [1.29, 1.82) is 0 Å². The van der Waals surface area contributed by atoms with Gasteiger partial charge >= 0.3 is 0 Å². The van der Waals surface area contributed by atoms with Gasteiger partial charge in [-0.05, 0) is 144 Å². The summed E-state index contributed by atoms with van der Waals surface area (Å²) >= 11 is 0. The van der Waals surface area contributed by atoms with E-state index in [1.165, 1.54) is 94.1 Å². The predicted octanol–water partition coefficient (Wildman–Crippen LogP) is 20.3. The molecule has 2 aliphatic carbocycles. The van der Waals surface area contributed by atoms with Crippen LogP contribution in [0.4, 0.5) is 17.1 Å². The van der Waals surface area contributed by atoms with Crippen molar-refractivity contribution in [2.24, 2.45) is 0 Å². The molecule has 2 heteroatoms. The van der Waals surface area contributed by atoms with Crippen molar-refractivity contribution < 1.29 is 0 Å². The lowest BCUT2D eigenvalue weighted by atomic mass is 9.67. The second-order valence-electron chi connectivity index (χ2n) is 21.9. The van der Waals surface area contributed by atoms with Crippen molar-refractivity contribution in [2.45, 2.75) is 10.8 Å². The van der Waals surface area contributed by atoms with Gasteiger partial charge in [-0.1, -0.05) is 267 Å². The molecule has 82 heavy (non-hydrogen) atoms. The van der Waals surface area contributed by atoms with E-state index in [0.717, 1.165) is 39.4 Å². The minimum absolute atomic E-state index is 0.488. The van der Waals surface area contributed by atoms with Crippen LogP contribution in [-0.2, 0) is 10.8 Å². The van der Waals surface area contributed by atoms with Gasteiger partial charge in [0.15, 0.2) is 0 Å². The zero-order valence-corrected chi connectivity index (χ0v) is 45.1. The number of fused-ring (bicyclic) bond motifs is 9. The molecule has 0 saturated heterocycles. The van der Waals surface area contributed by atoms with Crippen LogP contribution in [0.25, 0.3) is 72.0 Å². The maximum atomic E-state index is 2.49. The number of rotatable bonds is 10. The number of hydrogen-bond donors (Lipinski definition) is 0. The number of para-hydroxylation sites is 2. The Hall–Kier alpha value is -10.5. The molecule has 384 valence electrons. The van der Waals surface area contributed by atoms with Crippen LogP contribution in [0.2, 0.25) is 0 Å². The molecular weight excluding hydrogens is 989 g/mol. The lowest BCUT2D eigenvalue weighted by Gasteiger charge is -2.34. The molecular formula is C80H54N2. The van der Waals surface area contributed by atoms with Gasteiger partial charge in [-0.3, -0.25) is 0 Å². The molecule has 0 spiro atoms. The molecule has 1 aromatic heterocycles. The van der Waals surface area contributed by atoms with E-state index in [1.54, 1.807) is 0 Å². The molecule has 0 N–H and O–H groups in total. The highest BCUT2D eigenvalue weighted by Gasteiger charge is 2.48. The Morgan fingerprint density at radius 3 is 1.21 bits per heavy atom. The van der Waals surface area contributed by atoms with Crippen molar-refractivity contribution >= 4 is 38.9 Å². The largest absolute Gasteiger partial charge is 0.310 e. The molecule has 2 nitrogen and oxygen atoms in total. The van der Waals surface area contributed by atoms with Crippen molar-refractivity contribution in [3.8, 4) is 50.2 Å². The van der Waals surface area contributed by atoms with Crippen molar-refractivity contribution in [1.82, 2.24) is 4.57 Å². The lowest BCUT2D eigenvalue weighted by molar-refractivity contribution is 0.768. The molecule has 1 heterocycles. The van der Waals surface area contributed by atoms with Crippen LogP contribution in [0.15, 0.2) is 328 Å². The number of aromatic nitrogens is 1. The summed E-state index contributed by atoms with van der Waals surface area (Å²) in [5, 5.41) is 2.51. The highest BCUT2D eigenvalue weighted by Crippen LogP contribution is 2.60. The third-order valence-corrected chi connectivity index (χ3v) is 17.8. The Morgan fingerprint density at radius 1 is 0.256 bits per heavy atom. The topological polar surface area (TPSA) is 8.17 Å². The highest BCUT2D eigenvalue weighted by atomic mass is 15.1. The normalized spacial score (nSPS) is 13.3. The van der Waals surface area contributed by atoms with Crippen LogP contribution in [0.1, 0.15) is 44.5 Å². The SMILES string of the molecule is c1ccc(C2(c3ccccc3)c3ccccc3-c3ccc(-c4ccc(N(c5ccc(-c6cccc(-n7c8ccccc8c8ccccc87)c6)cc5)c5cccc6c5-c5ccccc5C6(c5ccccc5)c5ccccc5)cc4)cc32)cc1. The zero-order chi connectivity index (χ0) is 54.2. The van der Waals surface area contributed by atoms with Gasteiger partial charge in [0.25, 0.3) is 0 Å². The lowest BCUT2D eigenvalue weighted by Crippen LogP contribution is -2.28. The fourth-order valence-electron chi connectivity index (χ4n) is 14.3. The predicted molar refractivity (Wildman–Crippen MR) is 341 cm³/mol. The molecule has 0 atom stereocenters. The fourth-order valence-corrected chi connectivity index (χ4v) is 14.3. The first-order chi connectivity index (χ1) is 40.7. The van der Waals surface area contributed by atoms with Gasteiger partial charge in [-0.2, -0.15) is 0 Å². The number of nitrogens with zero attached hydrogens (tertiary/aromatic N) is 2. The number of hydrogen-bond acceptors (Lipinski definition) is 1. The Bertz CT molecular complexity index is 4580. The summed E-state index contributed by atoms with van der Waals surface area (Å²) in [7, 11) is 0. The Balaban J connectivity index is 0.861. The Kier molecular flexibility index (Phi) is 11.0. The van der Waals surface area contributed by atoms with E-state index in [4.69, 9.17) is 0 Å². The van der Waals surface area contributed by atoms with E-state index < -0.39 is 10.8 Å². The molecule has 0 saturated carbocycles. The van der Waals surface area contributed by atoms with Gasteiger partial charge in [0.2, 0.25) is 0 Å². The van der Waals surface area contributed by atoms with Crippen molar-refractivity contribution in [3.63, 3.8) is 0 Å². The number of anilines is 3. The molecule has 0 unspecified atom stereocenters. The minimum Gasteiger partial charge on any atom is -0.310 e. The number of benzene rings is 13. The Labute approximate surface area is 478 Å². The minimum atomic E-state index is -0.548. The highest BCUT2D eigenvalue weighted by molar-refractivity contribution is 6.09. The van der Waals surface area contributed by atoms with E-state index in [0.29, 0.717) is 0 Å². The smallest absolute Gasteiger partial charge is 0.0714 e. The third-order valence-electron chi connectivity index (χ3n) is 17.8. The molecule has 16 rings (SSSR count). The van der Waals surface area contributed by atoms with Crippen LogP contribution in [-0.4, -0.2) is 4.57 Å². The van der Waals surface area contributed by atoms with Gasteiger partial charge in [0, 0.05) is 33.4 Å². The molecule has 0 radical (unpaired) electrons. The van der Waals surface area contributed by atoms with Crippen LogP contribution >= 0.6 is 0 Å². The zero-order valence-electron chi connectivity index (χ0n) is 45.1. The first-order valence-electron chi connectivity index (χ1n) is 28.5. The van der Waals surface area contributed by atoms with Gasteiger partial charge in [-0.15, -0.1) is 0 Å². The maximum absolute atomic E-state index is 2.49. The second kappa shape index (κ2) is 19.1. The first-order valence-corrected chi connectivity index (χ1v) is 28.5. The van der Waals surface area contributed by atoms with E-state index in [-0.39, 0.29) is 0 Å². The van der Waals surface area contributed by atoms with Crippen molar-refractivity contribution in [3.05, 3.63) is 372 Å². The summed E-state index contributed by atoms with van der Waals surface area (Å²) in [5.74, 6) is 0. The summed E-state index contributed by atoms with van der Waals surface area (Å²) in [4.78, 5) is 2.49. The van der Waals surface area contributed by atoms with Crippen LogP contribution in [0, 0.1) is 0 Å². The average molecular weight is 1040 g/mol. The van der Waals surface area contributed by atoms with Gasteiger partial charge in [0.05, 0.1) is 27.6 Å². The maximum Gasteiger partial charge on any atom is 0.0714 e. The summed E-state index contributed by atoms with van der Waals surface area (Å²) in [6.07, 6.45) is 0. The molecule has 2 aliphatic rings. The quantitative estimate of drug-likeness (QED) is 0.133. The van der Waals surface area contributed by atoms with Crippen LogP contribution in [0.3, 0.4) is 0 Å². The Morgan fingerprint density at radius 2 is 0.659 bits per heavy atom. The average Bonchev–Trinajstić information content (AvgIpc) is 3.03. The third kappa shape index (κ3) is 7.08. The fraction of sp³-hybridized carbons (Fsp3) is 0.0250. The summed E-state index contributed by atoms with van der Waals surface area (Å²) in [5.41, 5.74) is 25.6. The second-order valence-corrected chi connectivity index (χ2v) is 21.9. The molecule has 0 fully saturated rings. The monoisotopic (exact) mass is 1040 g/mol. The standard InChI is InChI=1S/C80H54N2/c1-5-24-59(25-6-1)79(60-26-7-2-8-27-60)72-38-18-14-36-70(72)78-73(79)39-22-42-77(78)81(63-48-43-55(44-49-63)57-23-21-32-65(53-57)82-75-40-19-15-34-68(75)69-35-16-20-41-76(69)82)64-50-45-56(46-51-64)58-47-52-67-66-33-13-17-37-71(66)80(74(67)54-58,61-28-9-3-10-29-61)62-30-11-4-12-31-62/h1-54H. The first kappa shape index (κ1) is 47.5. The molecule has 0 aliphatic heterocycles. The van der Waals surface area contributed by atoms with E-state index in [2.05, 4.69) is 337 Å². The summed E-state index contributed by atoms with van der Waals surface area (Å²) in [6, 6.07) is 121. The molecule has 14 aromatic rings. The van der Waals surface area contributed by atoms with E-state index in [1.807, 2.05) is 0 Å². The molecule has 0 amide bonds. The van der Waals surface area contributed by atoms with E-state index in [9.17, 15) is 0 Å². The van der Waals surface area contributed by atoms with Gasteiger partial charge in [0.1, 0.15) is 0 Å². The summed E-state index contributed by atoms with van der Waals surface area (Å²) in [6.45, 7) is 0. The van der Waals surface area contributed by atoms with E-state index >= 15 is 0 Å². The van der Waals surface area contributed by atoms with Crippen molar-refractivity contribution in [2.75, 3.05) is 4.90 Å². The van der Waals surface area contributed by atoms with Gasteiger partial charge in [-0.25, -0.2) is 0 Å².